The van der Waals surface area contributed by atoms with Gasteiger partial charge in [0.2, 0.25) is 11.6 Å². The average molecular weight is 483 g/mol. The number of fused-ring (bicyclic) bond motifs is 3. The van der Waals surface area contributed by atoms with Crippen molar-refractivity contribution in [2.75, 3.05) is 5.32 Å². The van der Waals surface area contributed by atoms with E-state index in [4.69, 9.17) is 0 Å². The predicted molar refractivity (Wildman–Crippen MR) is 138 cm³/mol. The highest BCUT2D eigenvalue weighted by Crippen LogP contribution is 2.52. The van der Waals surface area contributed by atoms with Crippen LogP contribution in [0.15, 0.2) is 66.7 Å². The minimum atomic E-state index is -1.55. The van der Waals surface area contributed by atoms with Gasteiger partial charge in [-0.3, -0.25) is 19.7 Å². The summed E-state index contributed by atoms with van der Waals surface area (Å²) in [5.74, 6) is -2.68. The van der Waals surface area contributed by atoms with Crippen molar-refractivity contribution in [1.82, 2.24) is 5.32 Å². The second-order valence-corrected chi connectivity index (χ2v) is 10.6. The highest BCUT2D eigenvalue weighted by molar-refractivity contribution is 6.44. The van der Waals surface area contributed by atoms with E-state index in [1.165, 1.54) is 0 Å². The first-order valence-electron chi connectivity index (χ1n) is 12.9. The topological polar surface area (TPSA) is 95.5 Å². The Balaban J connectivity index is 1.40. The first kappa shape index (κ1) is 22.9. The molecule has 0 spiro atoms. The van der Waals surface area contributed by atoms with Gasteiger partial charge in [0.1, 0.15) is 5.54 Å². The summed E-state index contributed by atoms with van der Waals surface area (Å²) in [5.41, 5.74) is 0.606. The number of carbonyl (C=O) groups is 3. The third kappa shape index (κ3) is 3.90. The first-order chi connectivity index (χ1) is 17.5. The monoisotopic (exact) mass is 482 g/mol. The lowest BCUT2D eigenvalue weighted by Gasteiger charge is -2.46. The van der Waals surface area contributed by atoms with Crippen LogP contribution in [0.25, 0.3) is 10.8 Å². The molecule has 184 valence electrons. The lowest BCUT2D eigenvalue weighted by molar-refractivity contribution is -0.149. The normalized spacial score (nSPS) is 24.3. The maximum Gasteiger partial charge on any atom is 0.325 e. The molecule has 3 N–H and O–H groups in total. The van der Waals surface area contributed by atoms with E-state index in [2.05, 4.69) is 10.6 Å². The molecule has 3 aliphatic rings. The number of carboxylic acid groups (broad SMARTS) is 1. The maximum atomic E-state index is 13.6. The van der Waals surface area contributed by atoms with Gasteiger partial charge in [0.25, 0.3) is 0 Å². The number of hydrogen-bond donors (Lipinski definition) is 3. The Labute approximate surface area is 210 Å². The minimum absolute atomic E-state index is 0.0478. The SMILES string of the molecule is O=C(CC(NC1CC1)(C(=O)O)C1c2ccccc2NC2CCCC21)C(=O)c1ccc2ccccc2c1. The van der Waals surface area contributed by atoms with Crippen LogP contribution in [0.3, 0.4) is 0 Å². The van der Waals surface area contributed by atoms with E-state index in [-0.39, 0.29) is 24.4 Å². The van der Waals surface area contributed by atoms with Gasteiger partial charge >= 0.3 is 5.97 Å². The van der Waals surface area contributed by atoms with E-state index in [0.717, 1.165) is 54.1 Å². The standard InChI is InChI=1S/C30H30N2O4/c33-26(28(34)20-13-12-18-6-1-2-7-19(18)16-20)17-30(29(35)36,32-21-14-15-21)27-22-8-3-4-10-24(22)31-25-11-5-9-23(25)27/h1-4,6-8,10,12-13,16,21,23,25,27,31-32H,5,9,11,14-15,17H2,(H,35,36). The van der Waals surface area contributed by atoms with Crippen molar-refractivity contribution in [3.8, 4) is 0 Å². The zero-order valence-corrected chi connectivity index (χ0v) is 20.1. The number of para-hydroxylation sites is 1. The van der Waals surface area contributed by atoms with Gasteiger partial charge in [-0.05, 0) is 60.1 Å². The molecular weight excluding hydrogens is 452 g/mol. The van der Waals surface area contributed by atoms with Crippen molar-refractivity contribution in [3.05, 3.63) is 77.9 Å². The van der Waals surface area contributed by atoms with Crippen molar-refractivity contribution in [2.45, 2.75) is 62.1 Å². The Hall–Kier alpha value is -3.51. The van der Waals surface area contributed by atoms with Crippen molar-refractivity contribution < 1.29 is 19.5 Å². The molecule has 3 aromatic carbocycles. The predicted octanol–water partition coefficient (Wildman–Crippen LogP) is 4.94. The summed E-state index contributed by atoms with van der Waals surface area (Å²) in [7, 11) is 0. The van der Waals surface area contributed by atoms with Gasteiger partial charge in [0.05, 0.1) is 0 Å². The molecule has 0 radical (unpaired) electrons. The Bertz CT molecular complexity index is 1360. The van der Waals surface area contributed by atoms with Crippen LogP contribution in [0.2, 0.25) is 0 Å². The van der Waals surface area contributed by atoms with Crippen molar-refractivity contribution in [1.29, 1.82) is 0 Å². The largest absolute Gasteiger partial charge is 0.480 e. The van der Waals surface area contributed by atoms with E-state index in [0.29, 0.717) is 5.56 Å². The molecule has 0 bridgehead atoms. The minimum Gasteiger partial charge on any atom is -0.480 e. The lowest BCUT2D eigenvalue weighted by atomic mass is 9.65. The molecule has 1 aliphatic heterocycles. The van der Waals surface area contributed by atoms with Crippen molar-refractivity contribution in [2.24, 2.45) is 5.92 Å². The quantitative estimate of drug-likeness (QED) is 0.311. The second kappa shape index (κ2) is 8.86. The number of rotatable bonds is 8. The van der Waals surface area contributed by atoms with Crippen LogP contribution in [0.5, 0.6) is 0 Å². The number of ketones is 2. The Kier molecular flexibility index (Phi) is 5.64. The van der Waals surface area contributed by atoms with Crippen LogP contribution in [-0.4, -0.2) is 40.3 Å². The van der Waals surface area contributed by atoms with Gasteiger partial charge < -0.3 is 10.4 Å². The number of benzene rings is 3. The molecule has 0 aromatic heterocycles. The smallest absolute Gasteiger partial charge is 0.325 e. The molecular formula is C30H30N2O4. The van der Waals surface area contributed by atoms with Crippen LogP contribution < -0.4 is 10.6 Å². The van der Waals surface area contributed by atoms with Crippen molar-refractivity contribution >= 4 is 34.0 Å². The summed E-state index contributed by atoms with van der Waals surface area (Å²) < 4.78 is 0. The molecule has 3 aromatic rings. The molecule has 6 rings (SSSR count). The number of carboxylic acids is 1. The Morgan fingerprint density at radius 3 is 2.44 bits per heavy atom. The number of anilines is 1. The van der Waals surface area contributed by atoms with Gasteiger partial charge in [-0.1, -0.05) is 61.0 Å². The molecule has 1 heterocycles. The molecule has 2 aliphatic carbocycles. The summed E-state index contributed by atoms with van der Waals surface area (Å²) >= 11 is 0. The second-order valence-electron chi connectivity index (χ2n) is 10.6. The van der Waals surface area contributed by atoms with Gasteiger partial charge in [-0.25, -0.2) is 0 Å². The number of hydrogen-bond acceptors (Lipinski definition) is 5. The number of nitrogens with one attached hydrogen (secondary N) is 2. The highest BCUT2D eigenvalue weighted by Gasteiger charge is 2.57. The zero-order chi connectivity index (χ0) is 24.9. The molecule has 2 fully saturated rings. The lowest BCUT2D eigenvalue weighted by Crippen LogP contribution is -2.62. The third-order valence-corrected chi connectivity index (χ3v) is 8.29. The van der Waals surface area contributed by atoms with Crippen LogP contribution >= 0.6 is 0 Å². The molecule has 4 atom stereocenters. The van der Waals surface area contributed by atoms with E-state index in [1.807, 2.05) is 54.6 Å². The average Bonchev–Trinajstić information content (AvgIpc) is 3.59. The molecule has 6 nitrogen and oxygen atoms in total. The summed E-state index contributed by atoms with van der Waals surface area (Å²) in [4.78, 5) is 40.1. The molecule has 0 amide bonds. The van der Waals surface area contributed by atoms with E-state index in [9.17, 15) is 19.5 Å². The zero-order valence-electron chi connectivity index (χ0n) is 20.1. The number of carbonyl (C=O) groups excluding carboxylic acids is 2. The van der Waals surface area contributed by atoms with Crippen molar-refractivity contribution in [3.63, 3.8) is 0 Å². The Morgan fingerprint density at radius 1 is 0.917 bits per heavy atom. The van der Waals surface area contributed by atoms with Gasteiger partial charge in [0, 0.05) is 35.7 Å². The van der Waals surface area contributed by atoms with Crippen LogP contribution in [0, 0.1) is 5.92 Å². The van der Waals surface area contributed by atoms with Crippen LogP contribution in [0.1, 0.15) is 60.4 Å². The van der Waals surface area contributed by atoms with Crippen LogP contribution in [-0.2, 0) is 9.59 Å². The number of Topliss-reactive ketones (excluding diaryl/α,β-unsaturated/α-hetero) is 2. The summed E-state index contributed by atoms with van der Waals surface area (Å²) in [6.07, 6.45) is 4.26. The highest BCUT2D eigenvalue weighted by atomic mass is 16.4. The van der Waals surface area contributed by atoms with E-state index in [1.54, 1.807) is 12.1 Å². The molecule has 6 heteroatoms. The van der Waals surface area contributed by atoms with Crippen LogP contribution in [0.4, 0.5) is 5.69 Å². The summed E-state index contributed by atoms with van der Waals surface area (Å²) in [5, 5.41) is 19.7. The fraction of sp³-hybridized carbons (Fsp3) is 0.367. The number of aliphatic carboxylic acids is 1. The van der Waals surface area contributed by atoms with Gasteiger partial charge in [-0.15, -0.1) is 0 Å². The summed E-state index contributed by atoms with van der Waals surface area (Å²) in [6, 6.07) is 20.9. The molecule has 4 unspecified atom stereocenters. The Morgan fingerprint density at radius 2 is 1.67 bits per heavy atom. The van der Waals surface area contributed by atoms with E-state index >= 15 is 0 Å². The summed E-state index contributed by atoms with van der Waals surface area (Å²) in [6.45, 7) is 0. The first-order valence-corrected chi connectivity index (χ1v) is 12.9. The maximum absolute atomic E-state index is 13.6. The fourth-order valence-corrected chi connectivity index (χ4v) is 6.47. The molecule has 2 saturated carbocycles. The van der Waals surface area contributed by atoms with E-state index < -0.39 is 29.0 Å². The third-order valence-electron chi connectivity index (χ3n) is 8.29. The molecule has 36 heavy (non-hydrogen) atoms. The fourth-order valence-electron chi connectivity index (χ4n) is 6.47. The van der Waals surface area contributed by atoms with Gasteiger partial charge in [-0.2, -0.15) is 0 Å². The molecule has 0 saturated heterocycles. The van der Waals surface area contributed by atoms with Gasteiger partial charge in [0.15, 0.2) is 0 Å².